The van der Waals surface area contributed by atoms with Gasteiger partial charge in [0.25, 0.3) is 0 Å². The number of para-hydroxylation sites is 1. The Morgan fingerprint density at radius 2 is 1.81 bits per heavy atom. The summed E-state index contributed by atoms with van der Waals surface area (Å²) in [4.78, 5) is 44.3. The second kappa shape index (κ2) is 12.1. The highest BCUT2D eigenvalue weighted by Gasteiger charge is 2.26. The van der Waals surface area contributed by atoms with Crippen LogP contribution in [0.15, 0.2) is 35.5 Å². The summed E-state index contributed by atoms with van der Waals surface area (Å²) in [6, 6.07) is 5.22. The van der Waals surface area contributed by atoms with Crippen molar-refractivity contribution >= 4 is 47.1 Å². The fourth-order valence-electron chi connectivity index (χ4n) is 3.21. The van der Waals surface area contributed by atoms with E-state index in [2.05, 4.69) is 33.2 Å². The van der Waals surface area contributed by atoms with Gasteiger partial charge in [0.2, 0.25) is 11.8 Å². The minimum absolute atomic E-state index is 0.0255. The first kappa shape index (κ1) is 25.2. The van der Waals surface area contributed by atoms with Crippen LogP contribution in [0.5, 0.6) is 0 Å². The van der Waals surface area contributed by atoms with Crippen LogP contribution in [-0.2, 0) is 20.8 Å². The van der Waals surface area contributed by atoms with Gasteiger partial charge in [0, 0.05) is 35.8 Å². The maximum absolute atomic E-state index is 12.8. The van der Waals surface area contributed by atoms with Crippen LogP contribution >= 0.6 is 12.6 Å². The van der Waals surface area contributed by atoms with Gasteiger partial charge in [-0.25, -0.2) is 0 Å². The number of ketones is 1. The zero-order valence-corrected chi connectivity index (χ0v) is 18.9. The first-order valence-corrected chi connectivity index (χ1v) is 10.9. The minimum Gasteiger partial charge on any atom is -0.370 e. The minimum atomic E-state index is -0.931. The fourth-order valence-corrected chi connectivity index (χ4v) is 3.47. The Morgan fingerprint density at radius 3 is 2.47 bits per heavy atom. The average molecular weight is 462 g/mol. The molecule has 0 aliphatic rings. The van der Waals surface area contributed by atoms with Crippen molar-refractivity contribution in [1.29, 1.82) is 0 Å². The zero-order chi connectivity index (χ0) is 23.7. The van der Waals surface area contributed by atoms with E-state index in [-0.39, 0.29) is 17.5 Å². The summed E-state index contributed by atoms with van der Waals surface area (Å²) in [5.74, 6) is -1.15. The number of hydrogen-bond donors (Lipinski definition) is 7. The van der Waals surface area contributed by atoms with E-state index >= 15 is 0 Å². The van der Waals surface area contributed by atoms with E-state index in [9.17, 15) is 14.4 Å². The predicted molar refractivity (Wildman–Crippen MR) is 128 cm³/mol. The molecule has 2 rings (SSSR count). The lowest BCUT2D eigenvalue weighted by atomic mass is 10.0. The lowest BCUT2D eigenvalue weighted by Gasteiger charge is -2.22. The van der Waals surface area contributed by atoms with Gasteiger partial charge in [0.15, 0.2) is 11.7 Å². The number of rotatable bonds is 12. The van der Waals surface area contributed by atoms with E-state index in [1.165, 1.54) is 6.92 Å². The second-order valence-electron chi connectivity index (χ2n) is 7.53. The number of nitrogens with two attached hydrogens (primary N) is 3. The number of carbonyl (C=O) groups is 3. The Bertz CT molecular complexity index is 971. The summed E-state index contributed by atoms with van der Waals surface area (Å²) in [5, 5.41) is 6.31. The van der Waals surface area contributed by atoms with Gasteiger partial charge in [-0.2, -0.15) is 12.6 Å². The highest BCUT2D eigenvalue weighted by Crippen LogP contribution is 2.19. The van der Waals surface area contributed by atoms with Gasteiger partial charge in [0.05, 0.1) is 12.1 Å². The third kappa shape index (κ3) is 7.27. The van der Waals surface area contributed by atoms with Crippen LogP contribution < -0.4 is 27.8 Å². The molecule has 174 valence electrons. The van der Waals surface area contributed by atoms with Gasteiger partial charge >= 0.3 is 0 Å². The molecule has 0 unspecified atom stereocenters. The van der Waals surface area contributed by atoms with Crippen LogP contribution in [0.4, 0.5) is 0 Å². The number of amides is 2. The molecular weight excluding hydrogens is 430 g/mol. The molecule has 1 aromatic carbocycles. The van der Waals surface area contributed by atoms with Gasteiger partial charge in [-0.3, -0.25) is 19.4 Å². The number of hydrogen-bond acceptors (Lipinski definition) is 6. The summed E-state index contributed by atoms with van der Waals surface area (Å²) in [6.45, 7) is 1.77. The zero-order valence-electron chi connectivity index (χ0n) is 18.0. The van der Waals surface area contributed by atoms with Crippen molar-refractivity contribution in [3.63, 3.8) is 0 Å². The van der Waals surface area contributed by atoms with E-state index < -0.39 is 29.9 Å². The first-order valence-electron chi connectivity index (χ1n) is 10.3. The molecular formula is C21H31N7O3S. The van der Waals surface area contributed by atoms with Crippen molar-refractivity contribution in [1.82, 2.24) is 15.6 Å². The Labute approximate surface area is 192 Å². The van der Waals surface area contributed by atoms with Crippen LogP contribution in [0.1, 0.15) is 25.3 Å². The van der Waals surface area contributed by atoms with Crippen molar-refractivity contribution in [3.8, 4) is 0 Å². The van der Waals surface area contributed by atoms with Crippen molar-refractivity contribution in [3.05, 3.63) is 36.0 Å². The van der Waals surface area contributed by atoms with E-state index in [4.69, 9.17) is 17.2 Å². The third-order valence-corrected chi connectivity index (χ3v) is 5.39. The Balaban J connectivity index is 1.96. The monoisotopic (exact) mass is 461 g/mol. The summed E-state index contributed by atoms with van der Waals surface area (Å²) in [5.41, 5.74) is 18.3. The molecule has 0 fully saturated rings. The molecule has 0 radical (unpaired) electrons. The quantitative estimate of drug-likeness (QED) is 0.0975. The number of nitrogens with zero attached hydrogens (tertiary/aromatic N) is 1. The van der Waals surface area contributed by atoms with E-state index in [0.29, 0.717) is 25.8 Å². The van der Waals surface area contributed by atoms with Gasteiger partial charge in [-0.1, -0.05) is 18.2 Å². The molecule has 10 nitrogen and oxygen atoms in total. The number of nitrogens with one attached hydrogen (secondary N) is 3. The molecule has 1 heterocycles. The van der Waals surface area contributed by atoms with Crippen LogP contribution in [0, 0.1) is 0 Å². The van der Waals surface area contributed by atoms with Crippen LogP contribution in [0.3, 0.4) is 0 Å². The van der Waals surface area contributed by atoms with Crippen molar-refractivity contribution in [2.75, 3.05) is 12.3 Å². The van der Waals surface area contributed by atoms with Crippen LogP contribution in [0.2, 0.25) is 0 Å². The normalized spacial score (nSPS) is 13.7. The van der Waals surface area contributed by atoms with Gasteiger partial charge < -0.3 is 32.8 Å². The number of Topliss-reactive ketones (excluding diaryl/α,β-unsaturated/α-hetero) is 1. The summed E-state index contributed by atoms with van der Waals surface area (Å²) in [6.07, 6.45) is 3.01. The molecule has 3 atom stereocenters. The maximum atomic E-state index is 12.8. The molecule has 11 heteroatoms. The van der Waals surface area contributed by atoms with Gasteiger partial charge in [-0.15, -0.1) is 0 Å². The number of carbonyl (C=O) groups excluding carboxylic acids is 3. The molecule has 32 heavy (non-hydrogen) atoms. The lowest BCUT2D eigenvalue weighted by molar-refractivity contribution is -0.131. The van der Waals surface area contributed by atoms with Gasteiger partial charge in [0.1, 0.15) is 6.04 Å². The molecule has 0 aliphatic carbocycles. The molecule has 2 aromatic rings. The van der Waals surface area contributed by atoms with Crippen LogP contribution in [-0.4, -0.2) is 59.0 Å². The smallest absolute Gasteiger partial charge is 0.244 e. The topological polar surface area (TPSA) is 181 Å². The largest absolute Gasteiger partial charge is 0.370 e. The average Bonchev–Trinajstić information content (AvgIpc) is 3.16. The fraction of sp³-hybridized carbons (Fsp3) is 0.429. The summed E-state index contributed by atoms with van der Waals surface area (Å²) >= 11 is 4.17. The predicted octanol–water partition coefficient (Wildman–Crippen LogP) is -0.420. The van der Waals surface area contributed by atoms with Crippen molar-refractivity contribution < 1.29 is 14.4 Å². The standard InChI is InChI=1S/C21H31N7O3S/c1-12(29)17(9-13-10-26-16-7-3-2-5-14(13)16)27-20(31)18(11-32)28-19(30)15(22)6-4-8-25-21(23)24/h2-3,5,7,10,15,17-18,26,32H,4,6,8-9,11,22H2,1H3,(H,27,31)(H,28,30)(H4,23,24,25)/t15-,17-,18-/m0/s1. The second-order valence-corrected chi connectivity index (χ2v) is 7.90. The Hall–Kier alpha value is -3.05. The third-order valence-electron chi connectivity index (χ3n) is 5.03. The molecule has 0 spiro atoms. The van der Waals surface area contributed by atoms with Gasteiger partial charge in [-0.05, 0) is 31.4 Å². The molecule has 0 bridgehead atoms. The lowest BCUT2D eigenvalue weighted by Crippen LogP contribution is -2.55. The highest BCUT2D eigenvalue weighted by molar-refractivity contribution is 7.80. The summed E-state index contributed by atoms with van der Waals surface area (Å²) < 4.78 is 0. The maximum Gasteiger partial charge on any atom is 0.244 e. The number of thiol groups is 1. The number of aromatic nitrogens is 1. The summed E-state index contributed by atoms with van der Waals surface area (Å²) in [7, 11) is 0. The van der Waals surface area contributed by atoms with Crippen molar-refractivity contribution in [2.45, 2.75) is 44.3 Å². The van der Waals surface area contributed by atoms with Crippen molar-refractivity contribution in [2.24, 2.45) is 22.2 Å². The molecule has 0 aliphatic heterocycles. The number of aliphatic imine (C=N–C) groups is 1. The number of guanidine groups is 1. The number of aromatic amines is 1. The van der Waals surface area contributed by atoms with E-state index in [1.54, 1.807) is 0 Å². The highest BCUT2D eigenvalue weighted by atomic mass is 32.1. The van der Waals surface area contributed by atoms with E-state index in [0.717, 1.165) is 16.5 Å². The molecule has 2 amide bonds. The molecule has 0 saturated heterocycles. The van der Waals surface area contributed by atoms with Crippen LogP contribution in [0.25, 0.3) is 10.9 Å². The number of H-pyrrole nitrogens is 1. The first-order chi connectivity index (χ1) is 15.2. The Morgan fingerprint density at radius 1 is 1.12 bits per heavy atom. The molecule has 9 N–H and O–H groups in total. The van der Waals surface area contributed by atoms with E-state index in [1.807, 2.05) is 30.5 Å². The SMILES string of the molecule is CC(=O)[C@H](Cc1c[nH]c2ccccc12)NC(=O)[C@H](CS)NC(=O)[C@@H](N)CCCN=C(N)N. The number of fused-ring (bicyclic) bond motifs is 1. The molecule has 0 saturated carbocycles. The molecule has 1 aromatic heterocycles. The number of benzene rings is 1. The Kier molecular flexibility index (Phi) is 9.54.